The molecule has 0 spiro atoms. The molecule has 0 aromatic heterocycles. The zero-order chi connectivity index (χ0) is 20.8. The predicted molar refractivity (Wildman–Crippen MR) is 115 cm³/mol. The van der Waals surface area contributed by atoms with Gasteiger partial charge in [-0.3, -0.25) is 10.1 Å². The van der Waals surface area contributed by atoms with E-state index in [1.165, 1.54) is 32.1 Å². The van der Waals surface area contributed by atoms with Gasteiger partial charge < -0.3 is 10.6 Å². The van der Waals surface area contributed by atoms with Crippen molar-refractivity contribution in [3.8, 4) is 6.07 Å². The molecule has 1 aliphatic heterocycles. The summed E-state index contributed by atoms with van der Waals surface area (Å²) < 4.78 is 0. The average molecular weight is 405 g/mol. The van der Waals surface area contributed by atoms with Gasteiger partial charge in [0.15, 0.2) is 0 Å². The number of hydrogen-bond acceptors (Lipinski definition) is 5. The third-order valence-corrected chi connectivity index (χ3v) is 8.29. The Bertz CT molecular complexity index is 578. The number of nitrogens with zero attached hydrogens (tertiary/aromatic N) is 2. The molecule has 1 heterocycles. The van der Waals surface area contributed by atoms with E-state index in [2.05, 4.69) is 30.7 Å². The highest BCUT2D eigenvalue weighted by Crippen LogP contribution is 2.41. The van der Waals surface area contributed by atoms with Crippen molar-refractivity contribution in [1.29, 1.82) is 5.26 Å². The Morgan fingerprint density at radius 2 is 1.83 bits per heavy atom. The van der Waals surface area contributed by atoms with Crippen molar-refractivity contribution >= 4 is 0 Å². The molecule has 0 radical (unpaired) electrons. The molecule has 3 fully saturated rings. The molecule has 0 aromatic carbocycles. The van der Waals surface area contributed by atoms with Gasteiger partial charge in [-0.25, -0.2) is 0 Å². The quantitative estimate of drug-likeness (QED) is 0.465. The van der Waals surface area contributed by atoms with Crippen LogP contribution in [0.25, 0.3) is 0 Å². The molecule has 6 nitrogen and oxygen atoms in total. The standard InChI is InChI=1S/C23H40N4O2/c1-3-16(15-24)5-4-6-19-13-17(8-12-23(19)27(28)29)21-10-7-18-14-20(25-2)9-11-22(18)26-21/h16-23,25-26H,3-14H2,1-2H3. The molecule has 8 atom stereocenters. The van der Waals surface area contributed by atoms with Gasteiger partial charge in [-0.15, -0.1) is 0 Å². The van der Waals surface area contributed by atoms with E-state index in [1.54, 1.807) is 0 Å². The summed E-state index contributed by atoms with van der Waals surface area (Å²) in [6.45, 7) is 2.05. The van der Waals surface area contributed by atoms with Crippen LogP contribution >= 0.6 is 0 Å². The summed E-state index contributed by atoms with van der Waals surface area (Å²) in [4.78, 5) is 11.6. The number of piperidine rings is 1. The molecule has 0 aromatic rings. The van der Waals surface area contributed by atoms with E-state index in [9.17, 15) is 15.4 Å². The van der Waals surface area contributed by atoms with E-state index in [0.717, 1.165) is 50.9 Å². The van der Waals surface area contributed by atoms with Crippen LogP contribution in [-0.4, -0.2) is 36.1 Å². The van der Waals surface area contributed by atoms with E-state index in [0.29, 0.717) is 24.0 Å². The van der Waals surface area contributed by atoms with Crippen LogP contribution in [0.4, 0.5) is 0 Å². The van der Waals surface area contributed by atoms with Gasteiger partial charge in [0.2, 0.25) is 6.04 Å². The maximum absolute atomic E-state index is 11.6. The minimum atomic E-state index is -0.379. The van der Waals surface area contributed by atoms with Crippen LogP contribution in [0.3, 0.4) is 0 Å². The van der Waals surface area contributed by atoms with Gasteiger partial charge in [0.25, 0.3) is 0 Å². The number of nitriles is 1. The summed E-state index contributed by atoms with van der Waals surface area (Å²) in [6, 6.07) is 3.85. The lowest BCUT2D eigenvalue weighted by atomic mass is 9.69. The van der Waals surface area contributed by atoms with Crippen molar-refractivity contribution < 1.29 is 4.92 Å². The number of rotatable bonds is 8. The summed E-state index contributed by atoms with van der Waals surface area (Å²) in [6.07, 6.45) is 12.7. The van der Waals surface area contributed by atoms with Gasteiger partial charge in [-0.05, 0) is 83.1 Å². The van der Waals surface area contributed by atoms with Crippen LogP contribution in [-0.2, 0) is 0 Å². The Hall–Kier alpha value is -1.19. The fourth-order valence-electron chi connectivity index (χ4n) is 6.41. The van der Waals surface area contributed by atoms with Gasteiger partial charge in [-0.2, -0.15) is 5.26 Å². The number of fused-ring (bicyclic) bond motifs is 1. The summed E-state index contributed by atoms with van der Waals surface area (Å²) in [7, 11) is 2.08. The normalized spacial score (nSPS) is 38.6. The van der Waals surface area contributed by atoms with Crippen molar-refractivity contribution in [2.45, 2.75) is 108 Å². The third-order valence-electron chi connectivity index (χ3n) is 8.29. The molecule has 3 rings (SSSR count). The van der Waals surface area contributed by atoms with E-state index >= 15 is 0 Å². The summed E-state index contributed by atoms with van der Waals surface area (Å²) >= 11 is 0. The molecule has 29 heavy (non-hydrogen) atoms. The van der Waals surface area contributed by atoms with Gasteiger partial charge in [0, 0.05) is 41.3 Å². The summed E-state index contributed by atoms with van der Waals surface area (Å²) in [5.41, 5.74) is 0. The Labute approximate surface area is 176 Å². The van der Waals surface area contributed by atoms with Crippen LogP contribution in [0.15, 0.2) is 0 Å². The summed E-state index contributed by atoms with van der Waals surface area (Å²) in [5, 5.41) is 28.3. The average Bonchev–Trinajstić information content (AvgIpc) is 2.75. The molecule has 1 saturated heterocycles. The van der Waals surface area contributed by atoms with Gasteiger partial charge >= 0.3 is 0 Å². The molecule has 164 valence electrons. The number of hydrogen-bond donors (Lipinski definition) is 2. The van der Waals surface area contributed by atoms with Crippen molar-refractivity contribution in [3.05, 3.63) is 10.1 Å². The van der Waals surface area contributed by atoms with E-state index < -0.39 is 0 Å². The van der Waals surface area contributed by atoms with Gasteiger partial charge in [0.05, 0.1) is 6.07 Å². The van der Waals surface area contributed by atoms with Crippen molar-refractivity contribution in [3.63, 3.8) is 0 Å². The second-order valence-corrected chi connectivity index (χ2v) is 9.87. The molecule has 8 unspecified atom stereocenters. The van der Waals surface area contributed by atoms with Crippen LogP contribution in [0.2, 0.25) is 0 Å². The topological polar surface area (TPSA) is 91.0 Å². The molecular weight excluding hydrogens is 364 g/mol. The largest absolute Gasteiger partial charge is 0.317 e. The number of nitrogens with one attached hydrogen (secondary N) is 2. The zero-order valence-electron chi connectivity index (χ0n) is 18.3. The summed E-state index contributed by atoms with van der Waals surface area (Å²) in [5.74, 6) is 1.66. The first-order valence-electron chi connectivity index (χ1n) is 12.0. The lowest BCUT2D eigenvalue weighted by Gasteiger charge is -2.46. The lowest BCUT2D eigenvalue weighted by molar-refractivity contribution is -0.537. The highest BCUT2D eigenvalue weighted by Gasteiger charge is 2.43. The second-order valence-electron chi connectivity index (χ2n) is 9.87. The lowest BCUT2D eigenvalue weighted by Crippen LogP contribution is -2.55. The van der Waals surface area contributed by atoms with Crippen molar-refractivity contribution in [2.75, 3.05) is 7.05 Å². The van der Waals surface area contributed by atoms with E-state index in [1.807, 2.05) is 0 Å². The Kier molecular flexibility index (Phi) is 8.32. The molecule has 6 heteroatoms. The molecular formula is C23H40N4O2. The first-order valence-corrected chi connectivity index (χ1v) is 12.0. The Morgan fingerprint density at radius 1 is 1.14 bits per heavy atom. The van der Waals surface area contributed by atoms with Crippen molar-refractivity contribution in [2.24, 2.45) is 23.7 Å². The molecule has 2 N–H and O–H groups in total. The van der Waals surface area contributed by atoms with Crippen LogP contribution in [0.1, 0.15) is 84.0 Å². The fourth-order valence-corrected chi connectivity index (χ4v) is 6.41. The minimum Gasteiger partial charge on any atom is -0.317 e. The van der Waals surface area contributed by atoms with E-state index in [4.69, 9.17) is 0 Å². The fraction of sp³-hybridized carbons (Fsp3) is 0.957. The highest BCUT2D eigenvalue weighted by molar-refractivity contribution is 4.97. The monoisotopic (exact) mass is 404 g/mol. The van der Waals surface area contributed by atoms with Gasteiger partial charge in [0.1, 0.15) is 0 Å². The molecule has 2 aliphatic carbocycles. The molecule has 0 bridgehead atoms. The van der Waals surface area contributed by atoms with E-state index in [-0.39, 0.29) is 22.8 Å². The SMILES string of the molecule is CCC(C#N)CCCC1CC(C2CCC3CC(NC)CCC3N2)CCC1[N+](=O)[O-]. The number of nitro groups is 1. The predicted octanol–water partition coefficient (Wildman–Crippen LogP) is 4.28. The Balaban J connectivity index is 1.54. The van der Waals surface area contributed by atoms with Crippen LogP contribution in [0.5, 0.6) is 0 Å². The maximum atomic E-state index is 11.6. The van der Waals surface area contributed by atoms with Crippen molar-refractivity contribution in [1.82, 2.24) is 10.6 Å². The molecule has 2 saturated carbocycles. The van der Waals surface area contributed by atoms with Crippen LogP contribution < -0.4 is 10.6 Å². The minimum absolute atomic E-state index is 0.0220. The second kappa shape index (κ2) is 10.7. The zero-order valence-corrected chi connectivity index (χ0v) is 18.3. The van der Waals surface area contributed by atoms with Crippen LogP contribution in [0, 0.1) is 45.1 Å². The highest BCUT2D eigenvalue weighted by atomic mass is 16.6. The Morgan fingerprint density at radius 3 is 2.48 bits per heavy atom. The molecule has 0 amide bonds. The smallest absolute Gasteiger partial charge is 0.215 e. The molecule has 3 aliphatic rings. The first-order chi connectivity index (χ1) is 14.0. The first kappa shape index (κ1) is 22.5. The van der Waals surface area contributed by atoms with Gasteiger partial charge in [-0.1, -0.05) is 13.3 Å². The third kappa shape index (κ3) is 5.70. The maximum Gasteiger partial charge on any atom is 0.215 e.